The average Bonchev–Trinajstić information content (AvgIpc) is 3.28. The van der Waals surface area contributed by atoms with E-state index in [1.54, 1.807) is 18.3 Å². The lowest BCUT2D eigenvalue weighted by atomic mass is 9.89. The number of halogens is 6. The number of alkyl halides is 6. The second-order valence-corrected chi connectivity index (χ2v) is 8.44. The molecule has 1 unspecified atom stereocenters. The van der Waals surface area contributed by atoms with Crippen LogP contribution < -0.4 is 10.6 Å². The molecule has 5 nitrogen and oxygen atoms in total. The fraction of sp³-hybridized carbons (Fsp3) is 0.304. The van der Waals surface area contributed by atoms with Gasteiger partial charge in [-0.05, 0) is 58.9 Å². The molecule has 1 aliphatic heterocycles. The topological polar surface area (TPSA) is 74.0 Å². The number of carbonyl (C=O) groups is 2. The predicted molar refractivity (Wildman–Crippen MR) is 111 cm³/mol. The Hall–Kier alpha value is -3.50. The number of fused-ring (bicyclic) bond motifs is 1. The number of imide groups is 1. The van der Waals surface area contributed by atoms with Gasteiger partial charge in [-0.3, -0.25) is 10.1 Å². The second-order valence-electron chi connectivity index (χ2n) is 8.44. The fourth-order valence-electron chi connectivity index (χ4n) is 4.19. The molecular weight excluding hydrogens is 464 g/mol. The molecule has 0 aliphatic carbocycles. The molecule has 2 heterocycles. The van der Waals surface area contributed by atoms with Crippen LogP contribution >= 0.6 is 0 Å². The number of amides is 3. The molecule has 0 radical (unpaired) electrons. The summed E-state index contributed by atoms with van der Waals surface area (Å²) in [5.41, 5.74) is -2.69. The van der Waals surface area contributed by atoms with Crippen LogP contribution in [-0.4, -0.2) is 16.9 Å². The maximum absolute atomic E-state index is 14.0. The molecule has 0 saturated carbocycles. The van der Waals surface area contributed by atoms with Crippen LogP contribution in [0.5, 0.6) is 0 Å². The molecule has 1 aromatic heterocycles. The second kappa shape index (κ2) is 8.07. The molecule has 1 fully saturated rings. The van der Waals surface area contributed by atoms with Gasteiger partial charge in [-0.25, -0.2) is 4.79 Å². The molecule has 3 N–H and O–H groups in total. The fourth-order valence-corrected chi connectivity index (χ4v) is 4.19. The number of carbonyl (C=O) groups excluding carboxylic acids is 2. The van der Waals surface area contributed by atoms with Crippen LogP contribution in [0, 0.1) is 0 Å². The van der Waals surface area contributed by atoms with Crippen LogP contribution in [0.1, 0.15) is 59.2 Å². The summed E-state index contributed by atoms with van der Waals surface area (Å²) >= 11 is 0. The minimum absolute atomic E-state index is 0.0903. The van der Waals surface area contributed by atoms with Crippen molar-refractivity contribution in [1.82, 2.24) is 15.6 Å². The predicted octanol–water partition coefficient (Wildman–Crippen LogP) is 5.80. The molecule has 1 saturated heterocycles. The SMILES string of the molecule is CC(C)c1c[nH]c2ccc(Cc3c(C(F)(F)F)cc(C4NC(=O)NC4=O)cc3C(F)(F)F)cc12. The van der Waals surface area contributed by atoms with Crippen molar-refractivity contribution in [3.8, 4) is 0 Å². The van der Waals surface area contributed by atoms with Gasteiger partial charge in [0.1, 0.15) is 6.04 Å². The van der Waals surface area contributed by atoms with Gasteiger partial charge in [-0.2, -0.15) is 26.3 Å². The van der Waals surface area contributed by atoms with Gasteiger partial charge < -0.3 is 10.3 Å². The first-order chi connectivity index (χ1) is 15.8. The van der Waals surface area contributed by atoms with Crippen molar-refractivity contribution in [2.75, 3.05) is 0 Å². The lowest BCUT2D eigenvalue weighted by Gasteiger charge is -2.22. The summed E-state index contributed by atoms with van der Waals surface area (Å²) in [7, 11) is 0. The Bertz CT molecular complexity index is 1260. The standard InChI is InChI=1S/C23H19F6N3O2/c1-10(2)15-9-30-18-4-3-11(5-13(15)18)6-14-16(22(24,25)26)7-12(8-17(14)23(27,28)29)19-20(33)32-21(34)31-19/h3-5,7-10,19,30H,6H2,1-2H3,(H2,31,32,33,34). The summed E-state index contributed by atoms with van der Waals surface area (Å²) in [5, 5.41) is 4.57. The van der Waals surface area contributed by atoms with Gasteiger partial charge in [-0.1, -0.05) is 19.9 Å². The molecule has 0 spiro atoms. The van der Waals surface area contributed by atoms with E-state index in [0.29, 0.717) is 12.1 Å². The highest BCUT2D eigenvalue weighted by Gasteiger charge is 2.43. The maximum atomic E-state index is 14.0. The lowest BCUT2D eigenvalue weighted by Crippen LogP contribution is -2.23. The van der Waals surface area contributed by atoms with Crippen LogP contribution in [-0.2, 0) is 23.6 Å². The van der Waals surface area contributed by atoms with E-state index in [9.17, 15) is 35.9 Å². The van der Waals surface area contributed by atoms with E-state index in [1.807, 2.05) is 24.5 Å². The third-order valence-electron chi connectivity index (χ3n) is 5.77. The molecule has 2 aromatic carbocycles. The number of H-pyrrole nitrogens is 1. The van der Waals surface area contributed by atoms with E-state index in [2.05, 4.69) is 4.98 Å². The minimum atomic E-state index is -5.13. The largest absolute Gasteiger partial charge is 0.416 e. The third kappa shape index (κ3) is 4.34. The molecule has 0 bridgehead atoms. The molecular formula is C23H19F6N3O2. The summed E-state index contributed by atoms with van der Waals surface area (Å²) in [5.74, 6) is -0.939. The summed E-state index contributed by atoms with van der Waals surface area (Å²) in [6.07, 6.45) is -9.14. The molecule has 1 atom stereocenters. The monoisotopic (exact) mass is 483 g/mol. The van der Waals surface area contributed by atoms with Crippen LogP contribution in [0.4, 0.5) is 31.1 Å². The average molecular weight is 483 g/mol. The van der Waals surface area contributed by atoms with E-state index in [-0.39, 0.29) is 11.5 Å². The van der Waals surface area contributed by atoms with Crippen molar-refractivity contribution in [3.63, 3.8) is 0 Å². The van der Waals surface area contributed by atoms with Crippen LogP contribution in [0.25, 0.3) is 10.9 Å². The number of rotatable bonds is 4. The van der Waals surface area contributed by atoms with E-state index in [1.165, 1.54) is 6.07 Å². The first kappa shape index (κ1) is 23.7. The Morgan fingerprint density at radius 1 is 0.941 bits per heavy atom. The van der Waals surface area contributed by atoms with E-state index < -0.39 is 59.0 Å². The zero-order valence-corrected chi connectivity index (χ0v) is 17.9. The normalized spacial score (nSPS) is 16.9. The number of aromatic nitrogens is 1. The Morgan fingerprint density at radius 2 is 1.56 bits per heavy atom. The quantitative estimate of drug-likeness (QED) is 0.324. The highest BCUT2D eigenvalue weighted by atomic mass is 19.4. The molecule has 3 amide bonds. The van der Waals surface area contributed by atoms with Crippen LogP contribution in [0.2, 0.25) is 0 Å². The summed E-state index contributed by atoms with van der Waals surface area (Å²) in [6, 6.07) is 3.01. The van der Waals surface area contributed by atoms with Gasteiger partial charge in [0.15, 0.2) is 0 Å². The van der Waals surface area contributed by atoms with Crippen molar-refractivity contribution in [1.29, 1.82) is 0 Å². The molecule has 1 aliphatic rings. The van der Waals surface area contributed by atoms with Gasteiger partial charge in [-0.15, -0.1) is 0 Å². The van der Waals surface area contributed by atoms with E-state index >= 15 is 0 Å². The van der Waals surface area contributed by atoms with E-state index in [0.717, 1.165) is 16.5 Å². The number of hydrogen-bond donors (Lipinski definition) is 3. The Balaban J connectivity index is 1.89. The molecule has 11 heteroatoms. The number of urea groups is 1. The van der Waals surface area contributed by atoms with Crippen molar-refractivity contribution >= 4 is 22.8 Å². The summed E-state index contributed by atoms with van der Waals surface area (Å²) in [4.78, 5) is 26.3. The summed E-state index contributed by atoms with van der Waals surface area (Å²) in [6.45, 7) is 3.85. The van der Waals surface area contributed by atoms with Gasteiger partial charge in [0.2, 0.25) is 0 Å². The van der Waals surface area contributed by atoms with Gasteiger partial charge in [0.05, 0.1) is 11.1 Å². The third-order valence-corrected chi connectivity index (χ3v) is 5.77. The lowest BCUT2D eigenvalue weighted by molar-refractivity contribution is -0.144. The van der Waals surface area contributed by atoms with Crippen LogP contribution in [0.3, 0.4) is 0 Å². The molecule has 4 rings (SSSR count). The van der Waals surface area contributed by atoms with Gasteiger partial charge >= 0.3 is 18.4 Å². The smallest absolute Gasteiger partial charge is 0.361 e. The van der Waals surface area contributed by atoms with Gasteiger partial charge in [0, 0.05) is 17.1 Å². The van der Waals surface area contributed by atoms with E-state index in [4.69, 9.17) is 0 Å². The maximum Gasteiger partial charge on any atom is 0.416 e. The van der Waals surface area contributed by atoms with Crippen molar-refractivity contribution in [2.24, 2.45) is 0 Å². The van der Waals surface area contributed by atoms with Gasteiger partial charge in [0.25, 0.3) is 5.91 Å². The Kier molecular flexibility index (Phi) is 5.61. The highest BCUT2D eigenvalue weighted by molar-refractivity contribution is 6.04. The minimum Gasteiger partial charge on any atom is -0.361 e. The molecule has 180 valence electrons. The highest BCUT2D eigenvalue weighted by Crippen LogP contribution is 2.42. The number of benzene rings is 2. The van der Waals surface area contributed by atoms with Crippen molar-refractivity contribution in [2.45, 2.75) is 44.6 Å². The number of hydrogen-bond acceptors (Lipinski definition) is 2. The van der Waals surface area contributed by atoms with Crippen molar-refractivity contribution < 1.29 is 35.9 Å². The zero-order chi connectivity index (χ0) is 25.0. The Labute approximate surface area is 189 Å². The first-order valence-electron chi connectivity index (χ1n) is 10.3. The number of nitrogens with one attached hydrogen (secondary N) is 3. The molecule has 3 aromatic rings. The molecule has 34 heavy (non-hydrogen) atoms. The zero-order valence-electron chi connectivity index (χ0n) is 17.9. The summed E-state index contributed by atoms with van der Waals surface area (Å²) < 4.78 is 83.8. The van der Waals surface area contributed by atoms with Crippen LogP contribution in [0.15, 0.2) is 36.5 Å². The number of aromatic amines is 1. The Morgan fingerprint density at radius 3 is 2.06 bits per heavy atom. The first-order valence-corrected chi connectivity index (χ1v) is 10.3. The van der Waals surface area contributed by atoms with Crippen molar-refractivity contribution in [3.05, 3.63) is 69.9 Å².